The molecule has 2 rings (SSSR count). The second kappa shape index (κ2) is 5.51. The van der Waals surface area contributed by atoms with Crippen LogP contribution in [0.15, 0.2) is 6.20 Å². The van der Waals surface area contributed by atoms with Gasteiger partial charge in [-0.2, -0.15) is 15.1 Å². The molecule has 8 heteroatoms. The molecule has 2 aromatic rings. The van der Waals surface area contributed by atoms with Gasteiger partial charge in [0, 0.05) is 6.54 Å². The van der Waals surface area contributed by atoms with Crippen LogP contribution >= 0.6 is 0 Å². The van der Waals surface area contributed by atoms with E-state index in [9.17, 15) is 4.79 Å². The van der Waals surface area contributed by atoms with Gasteiger partial charge in [-0.3, -0.25) is 5.10 Å². The van der Waals surface area contributed by atoms with Crippen molar-refractivity contribution in [1.82, 2.24) is 20.2 Å². The molecule has 0 saturated heterocycles. The van der Waals surface area contributed by atoms with Gasteiger partial charge in [-0.15, -0.1) is 0 Å². The summed E-state index contributed by atoms with van der Waals surface area (Å²) in [7, 11) is 1.35. The highest BCUT2D eigenvalue weighted by Crippen LogP contribution is 2.20. The van der Waals surface area contributed by atoms with Crippen LogP contribution in [0.4, 0.5) is 11.8 Å². The number of hydrogen-bond acceptors (Lipinski definition) is 7. The minimum atomic E-state index is -0.507. The Labute approximate surface area is 110 Å². The summed E-state index contributed by atoms with van der Waals surface area (Å²) >= 11 is 0. The summed E-state index contributed by atoms with van der Waals surface area (Å²) in [6.07, 6.45) is 1.61. The van der Waals surface area contributed by atoms with Gasteiger partial charge >= 0.3 is 5.97 Å². The smallest absolute Gasteiger partial charge is 0.328 e. The minimum absolute atomic E-state index is 0.361. The Morgan fingerprint density at radius 2 is 2.32 bits per heavy atom. The van der Waals surface area contributed by atoms with Crippen molar-refractivity contribution < 1.29 is 9.53 Å². The number of carbonyl (C=O) groups is 1. The average molecular weight is 264 g/mol. The second-order valence-electron chi connectivity index (χ2n) is 3.95. The van der Waals surface area contributed by atoms with Gasteiger partial charge < -0.3 is 15.4 Å². The van der Waals surface area contributed by atoms with E-state index in [1.165, 1.54) is 7.11 Å². The molecule has 0 aliphatic carbocycles. The maximum Gasteiger partial charge on any atom is 0.328 e. The summed E-state index contributed by atoms with van der Waals surface area (Å²) < 4.78 is 4.67. The van der Waals surface area contributed by atoms with Gasteiger partial charge in [0.1, 0.15) is 11.9 Å². The van der Waals surface area contributed by atoms with Crippen LogP contribution in [0.5, 0.6) is 0 Å². The molecule has 19 heavy (non-hydrogen) atoms. The van der Waals surface area contributed by atoms with E-state index in [1.54, 1.807) is 13.1 Å². The fourth-order valence-electron chi connectivity index (χ4n) is 1.62. The predicted molar refractivity (Wildman–Crippen MR) is 70.9 cm³/mol. The number of fused-ring (bicyclic) bond motifs is 1. The lowest BCUT2D eigenvalue weighted by atomic mass is 10.3. The number of aromatic amines is 1. The van der Waals surface area contributed by atoms with Gasteiger partial charge in [-0.25, -0.2) is 4.79 Å². The molecule has 0 bridgehead atoms. The normalized spacial score (nSPS) is 12.2. The zero-order valence-corrected chi connectivity index (χ0v) is 11.0. The van der Waals surface area contributed by atoms with E-state index in [2.05, 4.69) is 35.5 Å². The Morgan fingerprint density at radius 3 is 3.00 bits per heavy atom. The number of carbonyl (C=O) groups excluding carboxylic acids is 1. The van der Waals surface area contributed by atoms with Gasteiger partial charge in [0.05, 0.1) is 18.7 Å². The standard InChI is InChI=1S/C11H16N6O2/c1-4-12-11-15-8(14-6(2)10(18)19-3)7-5-13-17-9(7)16-11/h5-6H,4H2,1-3H3,(H3,12,13,14,15,16,17). The molecule has 0 radical (unpaired) electrons. The van der Waals surface area contributed by atoms with Crippen molar-refractivity contribution in [2.75, 3.05) is 24.3 Å². The van der Waals surface area contributed by atoms with Gasteiger partial charge in [0.25, 0.3) is 0 Å². The monoisotopic (exact) mass is 264 g/mol. The molecule has 1 unspecified atom stereocenters. The Kier molecular flexibility index (Phi) is 3.79. The third-order valence-electron chi connectivity index (χ3n) is 2.55. The zero-order valence-electron chi connectivity index (χ0n) is 11.0. The average Bonchev–Trinajstić information content (AvgIpc) is 2.86. The molecule has 0 aromatic carbocycles. The van der Waals surface area contributed by atoms with Crippen LogP contribution in [0, 0.1) is 0 Å². The van der Waals surface area contributed by atoms with Crippen LogP contribution in [-0.2, 0) is 9.53 Å². The zero-order chi connectivity index (χ0) is 13.8. The van der Waals surface area contributed by atoms with Crippen LogP contribution in [-0.4, -0.2) is 45.8 Å². The molecule has 0 aliphatic heterocycles. The number of nitrogens with zero attached hydrogens (tertiary/aromatic N) is 3. The van der Waals surface area contributed by atoms with E-state index in [4.69, 9.17) is 0 Å². The number of hydrogen-bond donors (Lipinski definition) is 3. The summed E-state index contributed by atoms with van der Waals surface area (Å²) in [6.45, 7) is 4.35. The lowest BCUT2D eigenvalue weighted by molar-refractivity contribution is -0.141. The summed E-state index contributed by atoms with van der Waals surface area (Å²) in [5.41, 5.74) is 0.602. The third-order valence-corrected chi connectivity index (χ3v) is 2.55. The molecular weight excluding hydrogens is 248 g/mol. The fourth-order valence-corrected chi connectivity index (χ4v) is 1.62. The van der Waals surface area contributed by atoms with E-state index in [0.717, 1.165) is 5.39 Å². The maximum absolute atomic E-state index is 11.4. The van der Waals surface area contributed by atoms with E-state index < -0.39 is 6.04 Å². The lowest BCUT2D eigenvalue weighted by Gasteiger charge is -2.13. The quantitative estimate of drug-likeness (QED) is 0.684. The largest absolute Gasteiger partial charge is 0.467 e. The number of methoxy groups -OCH3 is 1. The van der Waals surface area contributed by atoms with Crippen LogP contribution in [0.1, 0.15) is 13.8 Å². The van der Waals surface area contributed by atoms with Crippen LogP contribution in [0.3, 0.4) is 0 Å². The topological polar surface area (TPSA) is 105 Å². The molecule has 8 nitrogen and oxygen atoms in total. The summed E-state index contributed by atoms with van der Waals surface area (Å²) in [5.74, 6) is 0.645. The Balaban J connectivity index is 2.34. The summed E-state index contributed by atoms with van der Waals surface area (Å²) in [5, 5.41) is 13.4. The molecule has 102 valence electrons. The fraction of sp³-hybridized carbons (Fsp3) is 0.455. The first-order chi connectivity index (χ1) is 9.15. The number of anilines is 2. The first kappa shape index (κ1) is 13.1. The number of H-pyrrole nitrogens is 1. The van der Waals surface area contributed by atoms with Crippen molar-refractivity contribution in [3.05, 3.63) is 6.20 Å². The van der Waals surface area contributed by atoms with Crippen LogP contribution in [0.2, 0.25) is 0 Å². The van der Waals surface area contributed by atoms with E-state index in [-0.39, 0.29) is 5.97 Å². The highest BCUT2D eigenvalue weighted by molar-refractivity contribution is 5.89. The molecular formula is C11H16N6O2. The van der Waals surface area contributed by atoms with Crippen molar-refractivity contribution in [1.29, 1.82) is 0 Å². The highest BCUT2D eigenvalue weighted by atomic mass is 16.5. The number of aromatic nitrogens is 4. The Hall–Kier alpha value is -2.38. The van der Waals surface area contributed by atoms with Crippen molar-refractivity contribution in [3.8, 4) is 0 Å². The van der Waals surface area contributed by atoms with Gasteiger partial charge in [0.15, 0.2) is 5.65 Å². The molecule has 0 amide bonds. The van der Waals surface area contributed by atoms with E-state index >= 15 is 0 Å². The molecule has 3 N–H and O–H groups in total. The second-order valence-corrected chi connectivity index (χ2v) is 3.95. The molecule has 0 saturated carbocycles. The molecule has 0 aliphatic rings. The van der Waals surface area contributed by atoms with Crippen molar-refractivity contribution in [2.24, 2.45) is 0 Å². The SMILES string of the molecule is CCNc1nc(NC(C)C(=O)OC)c2cn[nH]c2n1. The summed E-state index contributed by atoms with van der Waals surface area (Å²) in [4.78, 5) is 20.0. The highest BCUT2D eigenvalue weighted by Gasteiger charge is 2.16. The molecule has 0 fully saturated rings. The maximum atomic E-state index is 11.4. The van der Waals surface area contributed by atoms with Gasteiger partial charge in [-0.1, -0.05) is 0 Å². The first-order valence-corrected chi connectivity index (χ1v) is 5.95. The Morgan fingerprint density at radius 1 is 1.53 bits per heavy atom. The predicted octanol–water partition coefficient (Wildman–Crippen LogP) is 0.758. The van der Waals surface area contributed by atoms with Crippen LogP contribution < -0.4 is 10.6 Å². The molecule has 2 heterocycles. The minimum Gasteiger partial charge on any atom is -0.467 e. The lowest BCUT2D eigenvalue weighted by Crippen LogP contribution is -2.27. The number of esters is 1. The molecule has 1 atom stereocenters. The van der Waals surface area contributed by atoms with Gasteiger partial charge in [0.2, 0.25) is 5.95 Å². The molecule has 2 aromatic heterocycles. The van der Waals surface area contributed by atoms with Crippen molar-refractivity contribution in [3.63, 3.8) is 0 Å². The van der Waals surface area contributed by atoms with E-state index in [0.29, 0.717) is 24.0 Å². The first-order valence-electron chi connectivity index (χ1n) is 5.95. The number of ether oxygens (including phenoxy) is 1. The number of rotatable bonds is 5. The third kappa shape index (κ3) is 2.72. The summed E-state index contributed by atoms with van der Waals surface area (Å²) in [6, 6.07) is -0.507. The van der Waals surface area contributed by atoms with Crippen LogP contribution in [0.25, 0.3) is 11.0 Å². The van der Waals surface area contributed by atoms with Crippen molar-refractivity contribution >= 4 is 28.8 Å². The van der Waals surface area contributed by atoms with Crippen molar-refractivity contribution in [2.45, 2.75) is 19.9 Å². The number of nitrogens with one attached hydrogen (secondary N) is 3. The van der Waals surface area contributed by atoms with E-state index in [1.807, 2.05) is 6.92 Å². The molecule has 0 spiro atoms. The Bertz CT molecular complexity index is 582. The van der Waals surface area contributed by atoms with Gasteiger partial charge in [-0.05, 0) is 13.8 Å².